The SMILES string of the molecule is CC1C(=O)N(C)CC2CN(Cc3c(F)cccc3Cl)C(=O)N21. The van der Waals surface area contributed by atoms with Gasteiger partial charge >= 0.3 is 6.03 Å². The molecule has 2 fully saturated rings. The average molecular weight is 326 g/mol. The van der Waals surface area contributed by atoms with Gasteiger partial charge in [-0.1, -0.05) is 17.7 Å². The fourth-order valence-corrected chi connectivity index (χ4v) is 3.44. The van der Waals surface area contributed by atoms with Crippen LogP contribution in [0.5, 0.6) is 0 Å². The van der Waals surface area contributed by atoms with Crippen LogP contribution in [0, 0.1) is 5.82 Å². The molecular formula is C15H17ClFN3O2. The van der Waals surface area contributed by atoms with Crippen molar-refractivity contribution in [1.29, 1.82) is 0 Å². The molecule has 2 aliphatic rings. The highest BCUT2D eigenvalue weighted by atomic mass is 35.5. The van der Waals surface area contributed by atoms with Crippen molar-refractivity contribution >= 4 is 23.5 Å². The molecule has 2 unspecified atom stereocenters. The topological polar surface area (TPSA) is 43.9 Å². The van der Waals surface area contributed by atoms with Crippen molar-refractivity contribution in [2.75, 3.05) is 20.1 Å². The third kappa shape index (κ3) is 2.31. The Hall–Kier alpha value is -1.82. The van der Waals surface area contributed by atoms with Crippen LogP contribution in [0.25, 0.3) is 0 Å². The summed E-state index contributed by atoms with van der Waals surface area (Å²) in [5.41, 5.74) is 0.310. The molecular weight excluding hydrogens is 309 g/mol. The van der Waals surface area contributed by atoms with Crippen LogP contribution in [0.15, 0.2) is 18.2 Å². The Bertz CT molecular complexity index is 619. The van der Waals surface area contributed by atoms with E-state index in [-0.39, 0.29) is 24.5 Å². The van der Waals surface area contributed by atoms with E-state index in [9.17, 15) is 14.0 Å². The molecule has 1 aromatic carbocycles. The van der Waals surface area contributed by atoms with Gasteiger partial charge in [0, 0.05) is 30.7 Å². The summed E-state index contributed by atoms with van der Waals surface area (Å²) in [6, 6.07) is 3.68. The van der Waals surface area contributed by atoms with Crippen molar-refractivity contribution in [3.8, 4) is 0 Å². The highest BCUT2D eigenvalue weighted by Gasteiger charge is 2.46. The molecule has 118 valence electrons. The zero-order valence-electron chi connectivity index (χ0n) is 12.4. The van der Waals surface area contributed by atoms with Crippen LogP contribution in [0.1, 0.15) is 12.5 Å². The van der Waals surface area contributed by atoms with E-state index in [1.807, 2.05) is 0 Å². The Morgan fingerprint density at radius 3 is 2.73 bits per heavy atom. The van der Waals surface area contributed by atoms with E-state index in [4.69, 9.17) is 11.6 Å². The summed E-state index contributed by atoms with van der Waals surface area (Å²) in [6.45, 7) is 2.80. The Balaban J connectivity index is 1.83. The molecule has 0 radical (unpaired) electrons. The lowest BCUT2D eigenvalue weighted by molar-refractivity contribution is -0.139. The molecule has 0 saturated carbocycles. The molecule has 2 heterocycles. The molecule has 3 rings (SSSR count). The van der Waals surface area contributed by atoms with Gasteiger partial charge in [-0.25, -0.2) is 9.18 Å². The Labute approximate surface area is 133 Å². The molecule has 22 heavy (non-hydrogen) atoms. The number of carbonyl (C=O) groups is 2. The van der Waals surface area contributed by atoms with Crippen LogP contribution in [-0.2, 0) is 11.3 Å². The molecule has 1 aromatic rings. The van der Waals surface area contributed by atoms with Gasteiger partial charge in [-0.15, -0.1) is 0 Å². The lowest BCUT2D eigenvalue weighted by Gasteiger charge is -2.38. The standard InChI is InChI=1S/C15H17ClFN3O2/c1-9-14(21)18(2)6-10-7-19(15(22)20(9)10)8-11-12(16)4-3-5-13(11)17/h3-5,9-10H,6-8H2,1-2H3. The number of hydrogen-bond acceptors (Lipinski definition) is 2. The molecule has 3 amide bonds. The van der Waals surface area contributed by atoms with Crippen molar-refractivity contribution < 1.29 is 14.0 Å². The number of rotatable bonds is 2. The Kier molecular flexibility index (Phi) is 3.72. The molecule has 5 nitrogen and oxygen atoms in total. The number of piperazine rings is 1. The van der Waals surface area contributed by atoms with Gasteiger partial charge in [0.05, 0.1) is 12.6 Å². The van der Waals surface area contributed by atoms with Gasteiger partial charge in [0.2, 0.25) is 5.91 Å². The molecule has 0 bridgehead atoms. The molecule has 2 atom stereocenters. The number of nitrogens with zero attached hydrogens (tertiary/aromatic N) is 3. The first-order valence-electron chi connectivity index (χ1n) is 7.15. The van der Waals surface area contributed by atoms with E-state index in [1.165, 1.54) is 12.1 Å². The normalized spacial score (nSPS) is 25.0. The van der Waals surface area contributed by atoms with Gasteiger partial charge in [0.25, 0.3) is 0 Å². The number of hydrogen-bond donors (Lipinski definition) is 0. The summed E-state index contributed by atoms with van der Waals surface area (Å²) < 4.78 is 13.9. The molecule has 2 saturated heterocycles. The van der Waals surface area contributed by atoms with Gasteiger partial charge in [0.15, 0.2) is 0 Å². The number of urea groups is 1. The number of amides is 3. The predicted molar refractivity (Wildman–Crippen MR) is 79.9 cm³/mol. The molecule has 2 aliphatic heterocycles. The highest BCUT2D eigenvalue weighted by molar-refractivity contribution is 6.31. The van der Waals surface area contributed by atoms with Crippen LogP contribution in [0.2, 0.25) is 5.02 Å². The largest absolute Gasteiger partial charge is 0.342 e. The Morgan fingerprint density at radius 1 is 1.32 bits per heavy atom. The molecule has 0 aromatic heterocycles. The number of likely N-dealkylation sites (N-methyl/N-ethyl adjacent to an activating group) is 1. The van der Waals surface area contributed by atoms with E-state index < -0.39 is 11.9 Å². The van der Waals surface area contributed by atoms with Crippen LogP contribution in [-0.4, -0.2) is 58.9 Å². The summed E-state index contributed by atoms with van der Waals surface area (Å²) in [5, 5.41) is 0.305. The van der Waals surface area contributed by atoms with Gasteiger partial charge in [-0.2, -0.15) is 0 Å². The van der Waals surface area contributed by atoms with Gasteiger partial charge in [-0.3, -0.25) is 4.79 Å². The minimum absolute atomic E-state index is 0.0595. The monoisotopic (exact) mass is 325 g/mol. The maximum Gasteiger partial charge on any atom is 0.321 e. The summed E-state index contributed by atoms with van der Waals surface area (Å²) in [7, 11) is 1.73. The van der Waals surface area contributed by atoms with Gasteiger partial charge in [0.1, 0.15) is 11.9 Å². The minimum Gasteiger partial charge on any atom is -0.342 e. The average Bonchev–Trinajstić information content (AvgIpc) is 2.77. The first kappa shape index (κ1) is 15.1. The number of benzene rings is 1. The van der Waals surface area contributed by atoms with Crippen molar-refractivity contribution in [1.82, 2.24) is 14.7 Å². The number of carbonyl (C=O) groups excluding carboxylic acids is 2. The Morgan fingerprint density at radius 2 is 2.05 bits per heavy atom. The van der Waals surface area contributed by atoms with E-state index in [2.05, 4.69) is 0 Å². The van der Waals surface area contributed by atoms with Crippen LogP contribution in [0.4, 0.5) is 9.18 Å². The minimum atomic E-state index is -0.489. The summed E-state index contributed by atoms with van der Waals surface area (Å²) >= 11 is 6.03. The lowest BCUT2D eigenvalue weighted by Crippen LogP contribution is -2.58. The second-order valence-corrected chi connectivity index (χ2v) is 6.23. The smallest absolute Gasteiger partial charge is 0.321 e. The van der Waals surface area contributed by atoms with Crippen molar-refractivity contribution in [3.05, 3.63) is 34.6 Å². The van der Waals surface area contributed by atoms with Crippen molar-refractivity contribution in [2.24, 2.45) is 0 Å². The van der Waals surface area contributed by atoms with Crippen LogP contribution in [0.3, 0.4) is 0 Å². The molecule has 0 aliphatic carbocycles. The fourth-order valence-electron chi connectivity index (χ4n) is 3.22. The first-order chi connectivity index (χ1) is 10.4. The third-order valence-corrected chi connectivity index (χ3v) is 4.72. The number of halogens is 2. The second-order valence-electron chi connectivity index (χ2n) is 5.82. The maximum atomic E-state index is 13.9. The summed E-state index contributed by atoms with van der Waals surface area (Å²) in [4.78, 5) is 29.3. The predicted octanol–water partition coefficient (Wildman–Crippen LogP) is 1.95. The molecule has 7 heteroatoms. The van der Waals surface area contributed by atoms with E-state index in [1.54, 1.807) is 34.7 Å². The lowest BCUT2D eigenvalue weighted by atomic mass is 10.1. The van der Waals surface area contributed by atoms with E-state index >= 15 is 0 Å². The van der Waals surface area contributed by atoms with Crippen molar-refractivity contribution in [3.63, 3.8) is 0 Å². The zero-order chi connectivity index (χ0) is 16.0. The quantitative estimate of drug-likeness (QED) is 0.834. The van der Waals surface area contributed by atoms with Crippen LogP contribution < -0.4 is 0 Å². The summed E-state index contributed by atoms with van der Waals surface area (Å²) in [6.07, 6.45) is 0. The highest BCUT2D eigenvalue weighted by Crippen LogP contribution is 2.28. The van der Waals surface area contributed by atoms with Crippen LogP contribution >= 0.6 is 11.6 Å². The van der Waals surface area contributed by atoms with E-state index in [0.717, 1.165) is 0 Å². The third-order valence-electron chi connectivity index (χ3n) is 4.36. The number of fused-ring (bicyclic) bond motifs is 1. The zero-order valence-corrected chi connectivity index (χ0v) is 13.2. The van der Waals surface area contributed by atoms with Gasteiger partial charge in [-0.05, 0) is 19.1 Å². The molecule has 0 N–H and O–H groups in total. The van der Waals surface area contributed by atoms with E-state index in [0.29, 0.717) is 23.7 Å². The first-order valence-corrected chi connectivity index (χ1v) is 7.53. The summed E-state index contributed by atoms with van der Waals surface area (Å²) in [5.74, 6) is -0.498. The second kappa shape index (κ2) is 5.43. The fraction of sp³-hybridized carbons (Fsp3) is 0.467. The maximum absolute atomic E-state index is 13.9. The molecule has 0 spiro atoms. The van der Waals surface area contributed by atoms with Gasteiger partial charge < -0.3 is 14.7 Å². The van der Waals surface area contributed by atoms with Crippen molar-refractivity contribution in [2.45, 2.75) is 25.6 Å².